The molecule has 1 N–H and O–H groups in total. The Balaban J connectivity index is 1.55. The van der Waals surface area contributed by atoms with Gasteiger partial charge in [-0.3, -0.25) is 9.59 Å². The van der Waals surface area contributed by atoms with Crippen LogP contribution in [0.2, 0.25) is 5.02 Å². The summed E-state index contributed by atoms with van der Waals surface area (Å²) in [7, 11) is 1.51. The zero-order valence-corrected chi connectivity index (χ0v) is 23.4. The van der Waals surface area contributed by atoms with E-state index in [0.717, 1.165) is 10.9 Å². The van der Waals surface area contributed by atoms with Gasteiger partial charge < -0.3 is 14.8 Å². The van der Waals surface area contributed by atoms with E-state index >= 15 is 0 Å². The standard InChI is InChI=1S/C28H26BrClN4O4/c1-4-17(2)27-33-23-11-6-19(29)14-22(23)28(36)34(27)31-15-18-5-12-24(25(13-18)37-3)38-16-26(35)32-21-9-7-20(30)8-10-21/h5-15,17H,4,16H2,1-3H3,(H,32,35)/t17-/m0/s1. The summed E-state index contributed by atoms with van der Waals surface area (Å²) >= 11 is 9.30. The second-order valence-electron chi connectivity index (χ2n) is 8.56. The van der Waals surface area contributed by atoms with Gasteiger partial charge >= 0.3 is 0 Å². The van der Waals surface area contributed by atoms with Crippen LogP contribution in [0.5, 0.6) is 11.5 Å². The highest BCUT2D eigenvalue weighted by Gasteiger charge is 2.16. The van der Waals surface area contributed by atoms with Crippen molar-refractivity contribution < 1.29 is 14.3 Å². The van der Waals surface area contributed by atoms with Gasteiger partial charge in [0.25, 0.3) is 11.5 Å². The number of ether oxygens (including phenoxy) is 2. The van der Waals surface area contributed by atoms with E-state index in [9.17, 15) is 9.59 Å². The second-order valence-corrected chi connectivity index (χ2v) is 9.91. The number of rotatable bonds is 9. The third-order valence-corrected chi connectivity index (χ3v) is 6.63. The monoisotopic (exact) mass is 596 g/mol. The molecule has 4 aromatic rings. The number of amides is 1. The summed E-state index contributed by atoms with van der Waals surface area (Å²) in [6.45, 7) is 3.84. The van der Waals surface area contributed by atoms with E-state index in [1.165, 1.54) is 11.8 Å². The Labute approximate surface area is 233 Å². The first-order valence-electron chi connectivity index (χ1n) is 11.9. The summed E-state index contributed by atoms with van der Waals surface area (Å²) in [5, 5.41) is 8.29. The smallest absolute Gasteiger partial charge is 0.282 e. The van der Waals surface area contributed by atoms with Crippen LogP contribution in [0.4, 0.5) is 5.69 Å². The summed E-state index contributed by atoms with van der Waals surface area (Å²) in [4.78, 5) is 30.3. The van der Waals surface area contributed by atoms with E-state index in [4.69, 9.17) is 26.1 Å². The first-order valence-corrected chi connectivity index (χ1v) is 13.1. The molecule has 0 saturated heterocycles. The molecule has 1 atom stereocenters. The molecule has 0 aliphatic carbocycles. The van der Waals surface area contributed by atoms with Gasteiger partial charge in [-0.2, -0.15) is 9.78 Å². The van der Waals surface area contributed by atoms with Crippen LogP contribution in [0, 0.1) is 0 Å². The highest BCUT2D eigenvalue weighted by atomic mass is 79.9. The average molecular weight is 598 g/mol. The molecule has 0 unspecified atom stereocenters. The number of nitrogens with zero attached hydrogens (tertiary/aromatic N) is 3. The van der Waals surface area contributed by atoms with Crippen molar-refractivity contribution in [3.63, 3.8) is 0 Å². The van der Waals surface area contributed by atoms with Crippen LogP contribution >= 0.6 is 27.5 Å². The van der Waals surface area contributed by atoms with Crippen LogP contribution in [-0.2, 0) is 4.79 Å². The molecule has 196 valence electrons. The normalized spacial score (nSPS) is 12.0. The van der Waals surface area contributed by atoms with Gasteiger partial charge in [-0.25, -0.2) is 4.98 Å². The van der Waals surface area contributed by atoms with Crippen molar-refractivity contribution in [3.05, 3.63) is 91.9 Å². The lowest BCUT2D eigenvalue weighted by Crippen LogP contribution is -2.23. The summed E-state index contributed by atoms with van der Waals surface area (Å²) in [6.07, 6.45) is 2.37. The largest absolute Gasteiger partial charge is 0.493 e. The van der Waals surface area contributed by atoms with Crippen molar-refractivity contribution in [2.45, 2.75) is 26.2 Å². The van der Waals surface area contributed by atoms with E-state index in [1.54, 1.807) is 54.7 Å². The molecule has 0 saturated carbocycles. The lowest BCUT2D eigenvalue weighted by atomic mass is 10.1. The molecule has 0 fully saturated rings. The number of hydrogen-bond donors (Lipinski definition) is 1. The highest BCUT2D eigenvalue weighted by molar-refractivity contribution is 9.10. The zero-order valence-electron chi connectivity index (χ0n) is 21.1. The van der Waals surface area contributed by atoms with Crippen molar-refractivity contribution in [3.8, 4) is 11.5 Å². The number of methoxy groups -OCH3 is 1. The van der Waals surface area contributed by atoms with Crippen LogP contribution in [0.15, 0.2) is 75.0 Å². The SMILES string of the molecule is CC[C@H](C)c1nc2ccc(Br)cc2c(=O)n1N=Cc1ccc(OCC(=O)Nc2ccc(Cl)cc2)c(OC)c1. The summed E-state index contributed by atoms with van der Waals surface area (Å²) in [5.74, 6) is 1.10. The first-order chi connectivity index (χ1) is 18.3. The van der Waals surface area contributed by atoms with Gasteiger partial charge in [-0.15, -0.1) is 0 Å². The Morgan fingerprint density at radius 3 is 2.63 bits per heavy atom. The van der Waals surface area contributed by atoms with Crippen molar-refractivity contribution in [2.75, 3.05) is 19.0 Å². The minimum atomic E-state index is -0.326. The number of aromatic nitrogens is 2. The molecule has 0 spiro atoms. The molecule has 1 aromatic heterocycles. The number of carbonyl (C=O) groups excluding carboxylic acids is 1. The van der Waals surface area contributed by atoms with Crippen LogP contribution < -0.4 is 20.3 Å². The van der Waals surface area contributed by atoms with Crippen LogP contribution in [0.1, 0.15) is 37.6 Å². The minimum Gasteiger partial charge on any atom is -0.493 e. The lowest BCUT2D eigenvalue weighted by Gasteiger charge is -2.14. The molecule has 3 aromatic carbocycles. The maximum atomic E-state index is 13.3. The molecule has 0 bridgehead atoms. The molecule has 0 radical (unpaired) electrons. The first kappa shape index (κ1) is 27.3. The van der Waals surface area contributed by atoms with Crippen molar-refractivity contribution in [1.82, 2.24) is 9.66 Å². The third kappa shape index (κ3) is 6.41. The maximum Gasteiger partial charge on any atom is 0.282 e. The number of benzene rings is 3. The fraction of sp³-hybridized carbons (Fsp3) is 0.214. The number of anilines is 1. The predicted molar refractivity (Wildman–Crippen MR) is 154 cm³/mol. The maximum absolute atomic E-state index is 13.3. The highest BCUT2D eigenvalue weighted by Crippen LogP contribution is 2.28. The summed E-state index contributed by atoms with van der Waals surface area (Å²) in [5.41, 5.74) is 1.67. The molecular weight excluding hydrogens is 572 g/mol. The number of hydrogen-bond acceptors (Lipinski definition) is 6. The number of nitrogens with one attached hydrogen (secondary N) is 1. The number of carbonyl (C=O) groups is 1. The van der Waals surface area contributed by atoms with Crippen molar-refractivity contribution in [1.29, 1.82) is 0 Å². The van der Waals surface area contributed by atoms with E-state index in [1.807, 2.05) is 26.0 Å². The fourth-order valence-corrected chi connectivity index (χ4v) is 4.15. The van der Waals surface area contributed by atoms with Gasteiger partial charge in [0.1, 0.15) is 5.82 Å². The van der Waals surface area contributed by atoms with Crippen LogP contribution in [-0.4, -0.2) is 35.5 Å². The Bertz CT molecular complexity index is 1550. The quantitative estimate of drug-likeness (QED) is 0.231. The molecule has 1 heterocycles. The van der Waals surface area contributed by atoms with Crippen LogP contribution in [0.25, 0.3) is 10.9 Å². The molecule has 10 heteroatoms. The lowest BCUT2D eigenvalue weighted by molar-refractivity contribution is -0.118. The predicted octanol–water partition coefficient (Wildman–Crippen LogP) is 6.23. The van der Waals surface area contributed by atoms with Gasteiger partial charge in [0.15, 0.2) is 18.1 Å². The number of halogens is 2. The van der Waals surface area contributed by atoms with Crippen molar-refractivity contribution >= 4 is 56.2 Å². The van der Waals surface area contributed by atoms with Gasteiger partial charge in [0.2, 0.25) is 0 Å². The molecule has 0 aliphatic heterocycles. The molecule has 4 rings (SSSR count). The fourth-order valence-electron chi connectivity index (χ4n) is 3.66. The topological polar surface area (TPSA) is 94.8 Å². The summed E-state index contributed by atoms with van der Waals surface area (Å²) in [6, 6.07) is 17.4. The van der Waals surface area contributed by atoms with Gasteiger partial charge in [0, 0.05) is 21.1 Å². The Morgan fingerprint density at radius 1 is 1.16 bits per heavy atom. The van der Waals surface area contributed by atoms with Crippen molar-refractivity contribution in [2.24, 2.45) is 5.10 Å². The van der Waals surface area contributed by atoms with Gasteiger partial charge in [-0.1, -0.05) is 41.4 Å². The molecule has 0 aliphatic rings. The molecule has 1 amide bonds. The second kappa shape index (κ2) is 12.2. The Hall–Kier alpha value is -3.69. The molecule has 8 nitrogen and oxygen atoms in total. The zero-order chi connectivity index (χ0) is 27.2. The molecule has 38 heavy (non-hydrogen) atoms. The number of fused-ring (bicyclic) bond motifs is 1. The van der Waals surface area contributed by atoms with Gasteiger partial charge in [-0.05, 0) is 72.6 Å². The van der Waals surface area contributed by atoms with E-state index in [-0.39, 0.29) is 24.0 Å². The average Bonchev–Trinajstić information content (AvgIpc) is 2.92. The van der Waals surface area contributed by atoms with Gasteiger partial charge in [0.05, 0.1) is 24.2 Å². The molecular formula is C28H26BrClN4O4. The third-order valence-electron chi connectivity index (χ3n) is 5.88. The summed E-state index contributed by atoms with van der Waals surface area (Å²) < 4.78 is 13.3. The minimum absolute atomic E-state index is 0.0252. The van der Waals surface area contributed by atoms with E-state index in [2.05, 4.69) is 26.3 Å². The van der Waals surface area contributed by atoms with Crippen LogP contribution in [0.3, 0.4) is 0 Å². The van der Waals surface area contributed by atoms with E-state index in [0.29, 0.717) is 44.5 Å². The Kier molecular flexibility index (Phi) is 8.81. The van der Waals surface area contributed by atoms with E-state index < -0.39 is 0 Å². The Morgan fingerprint density at radius 2 is 1.92 bits per heavy atom.